The van der Waals surface area contributed by atoms with Gasteiger partial charge in [-0.15, -0.1) is 11.3 Å². The van der Waals surface area contributed by atoms with Crippen LogP contribution in [-0.4, -0.2) is 19.7 Å². The van der Waals surface area contributed by atoms with Gasteiger partial charge in [-0.3, -0.25) is 0 Å². The van der Waals surface area contributed by atoms with Crippen LogP contribution in [0.4, 0.5) is 0 Å². The summed E-state index contributed by atoms with van der Waals surface area (Å²) in [4.78, 5) is 1.28. The topological polar surface area (TPSA) is 21.3 Å². The normalized spacial score (nSPS) is 25.1. The van der Waals surface area contributed by atoms with Crippen molar-refractivity contribution in [2.75, 3.05) is 19.7 Å². The zero-order chi connectivity index (χ0) is 12.1. The fraction of sp³-hybridized carbons (Fsp3) is 0.692. The third-order valence-corrected chi connectivity index (χ3v) is 4.49. The summed E-state index contributed by atoms with van der Waals surface area (Å²) < 4.78 is 5.93. The Bertz CT molecular complexity index is 342. The molecule has 0 aromatic carbocycles. The Balaban J connectivity index is 1.96. The van der Waals surface area contributed by atoms with Crippen LogP contribution in [-0.2, 0) is 4.74 Å². The van der Waals surface area contributed by atoms with Gasteiger partial charge in [0.05, 0.1) is 11.1 Å². The minimum atomic E-state index is 0.241. The van der Waals surface area contributed by atoms with Crippen molar-refractivity contribution >= 4 is 22.9 Å². The Morgan fingerprint density at radius 3 is 3.18 bits per heavy atom. The quantitative estimate of drug-likeness (QED) is 0.823. The van der Waals surface area contributed by atoms with E-state index < -0.39 is 0 Å². The third-order valence-electron chi connectivity index (χ3n) is 3.15. The molecule has 0 aliphatic carbocycles. The summed E-state index contributed by atoms with van der Waals surface area (Å²) in [7, 11) is 0. The second-order valence-corrected chi connectivity index (χ2v) is 5.94. The van der Waals surface area contributed by atoms with Gasteiger partial charge < -0.3 is 10.1 Å². The first-order valence-electron chi connectivity index (χ1n) is 6.37. The summed E-state index contributed by atoms with van der Waals surface area (Å²) in [5, 5.41) is 6.33. The Morgan fingerprint density at radius 2 is 2.47 bits per heavy atom. The minimum Gasteiger partial charge on any atom is -0.372 e. The number of hydrogen-bond donors (Lipinski definition) is 1. The lowest BCUT2D eigenvalue weighted by atomic mass is 9.93. The van der Waals surface area contributed by atoms with Gasteiger partial charge in [0, 0.05) is 29.3 Å². The van der Waals surface area contributed by atoms with Gasteiger partial charge in [0.25, 0.3) is 0 Å². The highest BCUT2D eigenvalue weighted by Crippen LogP contribution is 2.37. The predicted molar refractivity (Wildman–Crippen MR) is 73.9 cm³/mol. The fourth-order valence-corrected chi connectivity index (χ4v) is 3.53. The van der Waals surface area contributed by atoms with Crippen molar-refractivity contribution in [1.82, 2.24) is 5.32 Å². The molecule has 0 radical (unpaired) electrons. The van der Waals surface area contributed by atoms with Gasteiger partial charge >= 0.3 is 0 Å². The predicted octanol–water partition coefficient (Wildman–Crippen LogP) is 3.87. The highest BCUT2D eigenvalue weighted by molar-refractivity contribution is 7.10. The van der Waals surface area contributed by atoms with Gasteiger partial charge in [0.15, 0.2) is 0 Å². The zero-order valence-electron chi connectivity index (χ0n) is 10.2. The summed E-state index contributed by atoms with van der Waals surface area (Å²) in [5.41, 5.74) is 0. The first kappa shape index (κ1) is 13.3. The molecular formula is C13H20ClNOS. The van der Waals surface area contributed by atoms with Crippen LogP contribution >= 0.6 is 22.9 Å². The smallest absolute Gasteiger partial charge is 0.0957 e. The Labute approximate surface area is 112 Å². The van der Waals surface area contributed by atoms with E-state index in [1.807, 2.05) is 5.38 Å². The number of halogens is 1. The van der Waals surface area contributed by atoms with Gasteiger partial charge in [0.1, 0.15) is 0 Å². The third kappa shape index (κ3) is 3.68. The molecular weight excluding hydrogens is 254 g/mol. The second-order valence-electron chi connectivity index (χ2n) is 4.57. The average Bonchev–Trinajstić information content (AvgIpc) is 2.77. The van der Waals surface area contributed by atoms with Crippen molar-refractivity contribution in [2.45, 2.75) is 32.3 Å². The second kappa shape index (κ2) is 6.74. The van der Waals surface area contributed by atoms with Gasteiger partial charge in [-0.2, -0.15) is 0 Å². The van der Waals surface area contributed by atoms with Crippen molar-refractivity contribution in [3.63, 3.8) is 0 Å². The maximum Gasteiger partial charge on any atom is 0.0957 e. The van der Waals surface area contributed by atoms with Crippen LogP contribution in [0, 0.1) is 5.92 Å². The molecule has 2 nitrogen and oxygen atoms in total. The molecule has 2 heterocycles. The Morgan fingerprint density at radius 1 is 1.59 bits per heavy atom. The maximum atomic E-state index is 5.99. The van der Waals surface area contributed by atoms with Gasteiger partial charge in [-0.05, 0) is 31.9 Å². The summed E-state index contributed by atoms with van der Waals surface area (Å²) in [6.45, 7) is 5.22. The molecule has 2 rings (SSSR count). The van der Waals surface area contributed by atoms with Crippen LogP contribution in [0.5, 0.6) is 0 Å². The van der Waals surface area contributed by atoms with Crippen LogP contribution in [0.3, 0.4) is 0 Å². The van der Waals surface area contributed by atoms with Crippen LogP contribution in [0.2, 0.25) is 5.02 Å². The van der Waals surface area contributed by atoms with E-state index in [2.05, 4.69) is 18.3 Å². The standard InChI is InChI=1S/C13H20ClNOS/c1-2-5-15-8-10-4-3-6-16-13(10)12-7-11(14)9-17-12/h7,9-10,13,15H,2-6,8H2,1H3. The molecule has 0 spiro atoms. The molecule has 1 aromatic heterocycles. The van der Waals surface area contributed by atoms with Gasteiger partial charge in [0.2, 0.25) is 0 Å². The van der Waals surface area contributed by atoms with E-state index >= 15 is 0 Å². The number of nitrogens with one attached hydrogen (secondary N) is 1. The van der Waals surface area contributed by atoms with E-state index in [1.54, 1.807) is 11.3 Å². The van der Waals surface area contributed by atoms with E-state index in [1.165, 1.54) is 24.1 Å². The van der Waals surface area contributed by atoms with Crippen LogP contribution in [0.15, 0.2) is 11.4 Å². The van der Waals surface area contributed by atoms with E-state index in [9.17, 15) is 0 Å². The zero-order valence-corrected chi connectivity index (χ0v) is 11.8. The van der Waals surface area contributed by atoms with Crippen molar-refractivity contribution in [2.24, 2.45) is 5.92 Å². The van der Waals surface area contributed by atoms with Crippen molar-refractivity contribution in [3.05, 3.63) is 21.3 Å². The summed E-state index contributed by atoms with van der Waals surface area (Å²) in [6, 6.07) is 2.05. The highest BCUT2D eigenvalue weighted by Gasteiger charge is 2.28. The molecule has 4 heteroatoms. The van der Waals surface area contributed by atoms with Crippen LogP contribution in [0.25, 0.3) is 0 Å². The van der Waals surface area contributed by atoms with Crippen LogP contribution in [0.1, 0.15) is 37.2 Å². The molecule has 1 saturated heterocycles. The number of thiophene rings is 1. The molecule has 1 aliphatic rings. The van der Waals surface area contributed by atoms with E-state index in [0.29, 0.717) is 5.92 Å². The molecule has 96 valence electrons. The molecule has 1 N–H and O–H groups in total. The lowest BCUT2D eigenvalue weighted by Gasteiger charge is -2.31. The lowest BCUT2D eigenvalue weighted by Crippen LogP contribution is -2.31. The molecule has 2 atom stereocenters. The van der Waals surface area contributed by atoms with Gasteiger partial charge in [-0.1, -0.05) is 18.5 Å². The van der Waals surface area contributed by atoms with Crippen molar-refractivity contribution in [3.8, 4) is 0 Å². The summed E-state index contributed by atoms with van der Waals surface area (Å²) in [6.07, 6.45) is 3.85. The van der Waals surface area contributed by atoms with Crippen molar-refractivity contribution < 1.29 is 4.74 Å². The Hall–Kier alpha value is -0.0900. The number of hydrogen-bond acceptors (Lipinski definition) is 3. The Kier molecular flexibility index (Phi) is 5.29. The maximum absolute atomic E-state index is 5.99. The summed E-state index contributed by atoms with van der Waals surface area (Å²) >= 11 is 7.71. The number of ether oxygens (including phenoxy) is 1. The number of rotatable bonds is 5. The first-order valence-corrected chi connectivity index (χ1v) is 7.63. The first-order chi connectivity index (χ1) is 8.31. The van der Waals surface area contributed by atoms with Gasteiger partial charge in [-0.25, -0.2) is 0 Å². The van der Waals surface area contributed by atoms with E-state index in [4.69, 9.17) is 16.3 Å². The summed E-state index contributed by atoms with van der Waals surface area (Å²) in [5.74, 6) is 0.588. The van der Waals surface area contributed by atoms with Crippen molar-refractivity contribution in [1.29, 1.82) is 0 Å². The molecule has 17 heavy (non-hydrogen) atoms. The lowest BCUT2D eigenvalue weighted by molar-refractivity contribution is -0.0255. The molecule has 0 bridgehead atoms. The molecule has 1 aliphatic heterocycles. The van der Waals surface area contributed by atoms with Crippen LogP contribution < -0.4 is 5.32 Å². The monoisotopic (exact) mass is 273 g/mol. The molecule has 2 unspecified atom stereocenters. The average molecular weight is 274 g/mol. The molecule has 0 amide bonds. The minimum absolute atomic E-state index is 0.241. The molecule has 1 fully saturated rings. The van der Waals surface area contributed by atoms with E-state index in [0.717, 1.165) is 24.7 Å². The fourth-order valence-electron chi connectivity index (χ4n) is 2.31. The van der Waals surface area contributed by atoms with E-state index in [-0.39, 0.29) is 6.10 Å². The highest BCUT2D eigenvalue weighted by atomic mass is 35.5. The molecule has 1 aromatic rings. The SMILES string of the molecule is CCCNCC1CCCOC1c1cc(Cl)cs1. The molecule has 0 saturated carbocycles. The largest absolute Gasteiger partial charge is 0.372 e.